The fourth-order valence-corrected chi connectivity index (χ4v) is 0.421. The number of nitrogens with zero attached hydrogens (tertiary/aromatic N) is 1. The maximum absolute atomic E-state index is 10.8. The van der Waals surface area contributed by atoms with Gasteiger partial charge in [-0.15, -0.1) is 0 Å². The number of rotatable bonds is 3. The number of hydrogen-bond acceptors (Lipinski definition) is 4. The SMILES string of the molecule is CCOC(=O)/C(C)=C/N=C=O. The van der Waals surface area contributed by atoms with Crippen molar-refractivity contribution in [2.75, 3.05) is 6.61 Å². The first-order valence-electron chi connectivity index (χ1n) is 3.13. The van der Waals surface area contributed by atoms with Crippen molar-refractivity contribution in [1.82, 2.24) is 0 Å². The third-order valence-corrected chi connectivity index (χ3v) is 0.908. The highest BCUT2D eigenvalue weighted by Crippen LogP contribution is 1.95. The molecule has 0 unspecified atom stereocenters. The molecule has 0 aromatic rings. The van der Waals surface area contributed by atoms with Crippen LogP contribution in [0.1, 0.15) is 13.8 Å². The summed E-state index contributed by atoms with van der Waals surface area (Å²) in [4.78, 5) is 23.5. The Bertz CT molecular complexity index is 214. The van der Waals surface area contributed by atoms with Crippen LogP contribution in [0.4, 0.5) is 0 Å². The van der Waals surface area contributed by atoms with Gasteiger partial charge in [0.2, 0.25) is 6.08 Å². The standard InChI is InChI=1S/C7H9NO3/c1-3-11-7(10)6(2)4-8-5-9/h4H,3H2,1-2H3/b6-4+. The molecule has 0 aromatic heterocycles. The number of ether oxygens (including phenoxy) is 1. The highest BCUT2D eigenvalue weighted by atomic mass is 16.5. The summed E-state index contributed by atoms with van der Waals surface area (Å²) < 4.78 is 4.60. The van der Waals surface area contributed by atoms with Crippen molar-refractivity contribution >= 4 is 12.0 Å². The summed E-state index contributed by atoms with van der Waals surface area (Å²) in [5.41, 5.74) is 0.287. The van der Waals surface area contributed by atoms with Crippen LogP contribution in [-0.4, -0.2) is 18.7 Å². The third kappa shape index (κ3) is 4.06. The van der Waals surface area contributed by atoms with E-state index >= 15 is 0 Å². The molecule has 0 amide bonds. The summed E-state index contributed by atoms with van der Waals surface area (Å²) in [7, 11) is 0. The second kappa shape index (κ2) is 5.38. The largest absolute Gasteiger partial charge is 0.463 e. The number of hydrogen-bond donors (Lipinski definition) is 0. The molecule has 4 heteroatoms. The van der Waals surface area contributed by atoms with E-state index in [-0.39, 0.29) is 5.57 Å². The molecule has 0 saturated carbocycles. The lowest BCUT2D eigenvalue weighted by atomic mass is 10.3. The number of carbonyl (C=O) groups is 1. The number of isocyanates is 1. The second-order valence-corrected chi connectivity index (χ2v) is 1.75. The normalized spacial score (nSPS) is 10.2. The van der Waals surface area contributed by atoms with Gasteiger partial charge >= 0.3 is 5.97 Å². The summed E-state index contributed by atoms with van der Waals surface area (Å²) in [6, 6.07) is 0. The van der Waals surface area contributed by atoms with Gasteiger partial charge in [0.1, 0.15) is 0 Å². The highest BCUT2D eigenvalue weighted by molar-refractivity contribution is 5.87. The molecular formula is C7H9NO3. The molecule has 0 aliphatic carbocycles. The zero-order valence-corrected chi connectivity index (χ0v) is 6.46. The predicted octanol–water partition coefficient (Wildman–Crippen LogP) is 0.789. The molecule has 0 atom stereocenters. The molecule has 0 spiro atoms. The Morgan fingerprint density at radius 3 is 2.82 bits per heavy atom. The maximum atomic E-state index is 10.8. The van der Waals surface area contributed by atoms with Crippen LogP contribution in [-0.2, 0) is 14.3 Å². The number of aliphatic imine (C=N–C) groups is 1. The molecule has 4 nitrogen and oxygen atoms in total. The minimum Gasteiger partial charge on any atom is -0.463 e. The van der Waals surface area contributed by atoms with Crippen LogP contribution in [0.15, 0.2) is 16.8 Å². The summed E-state index contributed by atoms with van der Waals surface area (Å²) in [5.74, 6) is -0.466. The molecule has 0 aliphatic heterocycles. The van der Waals surface area contributed by atoms with Crippen LogP contribution < -0.4 is 0 Å². The first-order chi connectivity index (χ1) is 5.22. The van der Waals surface area contributed by atoms with E-state index in [2.05, 4.69) is 9.73 Å². The first-order valence-corrected chi connectivity index (χ1v) is 3.13. The monoisotopic (exact) mass is 155 g/mol. The van der Waals surface area contributed by atoms with Crippen LogP contribution in [0.2, 0.25) is 0 Å². The van der Waals surface area contributed by atoms with E-state index in [4.69, 9.17) is 0 Å². The van der Waals surface area contributed by atoms with Gasteiger partial charge in [0, 0.05) is 0 Å². The van der Waals surface area contributed by atoms with Gasteiger partial charge in [0.05, 0.1) is 18.4 Å². The van der Waals surface area contributed by atoms with Crippen LogP contribution in [0.5, 0.6) is 0 Å². The van der Waals surface area contributed by atoms with Crippen molar-refractivity contribution in [3.8, 4) is 0 Å². The van der Waals surface area contributed by atoms with E-state index in [1.807, 2.05) is 0 Å². The van der Waals surface area contributed by atoms with E-state index in [1.165, 1.54) is 13.0 Å². The molecule has 0 heterocycles. The molecule has 0 fully saturated rings. The van der Waals surface area contributed by atoms with E-state index in [0.717, 1.165) is 6.20 Å². The van der Waals surface area contributed by atoms with Gasteiger partial charge in [-0.1, -0.05) is 0 Å². The van der Waals surface area contributed by atoms with Gasteiger partial charge < -0.3 is 4.74 Å². The van der Waals surface area contributed by atoms with Gasteiger partial charge in [-0.25, -0.2) is 9.59 Å². The van der Waals surface area contributed by atoms with Gasteiger partial charge in [-0.3, -0.25) is 0 Å². The summed E-state index contributed by atoms with van der Waals surface area (Å²) >= 11 is 0. The maximum Gasteiger partial charge on any atom is 0.335 e. The Morgan fingerprint density at radius 2 is 2.36 bits per heavy atom. The lowest BCUT2D eigenvalue weighted by Crippen LogP contribution is -2.04. The summed E-state index contributed by atoms with van der Waals surface area (Å²) in [6.07, 6.45) is 2.40. The smallest absolute Gasteiger partial charge is 0.335 e. The Kier molecular flexibility index (Phi) is 4.69. The predicted molar refractivity (Wildman–Crippen MR) is 38.5 cm³/mol. The lowest BCUT2D eigenvalue weighted by Gasteiger charge is -1.97. The molecule has 60 valence electrons. The molecular weight excluding hydrogens is 146 g/mol. The lowest BCUT2D eigenvalue weighted by molar-refractivity contribution is -0.138. The van der Waals surface area contributed by atoms with Gasteiger partial charge in [-0.2, -0.15) is 4.99 Å². The summed E-state index contributed by atoms with van der Waals surface area (Å²) in [6.45, 7) is 3.53. The molecule has 0 aliphatic rings. The van der Waals surface area contributed by atoms with Crippen molar-refractivity contribution in [2.24, 2.45) is 4.99 Å². The molecule has 0 rings (SSSR count). The van der Waals surface area contributed by atoms with Gasteiger partial charge in [0.25, 0.3) is 0 Å². The Labute approximate surface area is 64.6 Å². The third-order valence-electron chi connectivity index (χ3n) is 0.908. The van der Waals surface area contributed by atoms with Crippen LogP contribution in [0.3, 0.4) is 0 Å². The van der Waals surface area contributed by atoms with E-state index in [1.54, 1.807) is 6.92 Å². The average molecular weight is 155 g/mol. The molecule has 0 bridgehead atoms. The van der Waals surface area contributed by atoms with Crippen LogP contribution in [0.25, 0.3) is 0 Å². The molecule has 0 N–H and O–H groups in total. The van der Waals surface area contributed by atoms with Gasteiger partial charge in [0.15, 0.2) is 0 Å². The summed E-state index contributed by atoms with van der Waals surface area (Å²) in [5, 5.41) is 0. The fraction of sp³-hybridized carbons (Fsp3) is 0.429. The highest BCUT2D eigenvalue weighted by Gasteiger charge is 2.02. The number of esters is 1. The fourth-order valence-electron chi connectivity index (χ4n) is 0.421. The molecule has 0 saturated heterocycles. The van der Waals surface area contributed by atoms with E-state index in [9.17, 15) is 9.59 Å². The molecule has 0 radical (unpaired) electrons. The number of carbonyl (C=O) groups excluding carboxylic acids is 2. The Morgan fingerprint density at radius 1 is 1.73 bits per heavy atom. The minimum atomic E-state index is -0.466. The van der Waals surface area contributed by atoms with Crippen molar-refractivity contribution in [1.29, 1.82) is 0 Å². The second-order valence-electron chi connectivity index (χ2n) is 1.75. The molecule has 11 heavy (non-hydrogen) atoms. The van der Waals surface area contributed by atoms with Crippen molar-refractivity contribution < 1.29 is 14.3 Å². The Hall–Kier alpha value is -1.41. The van der Waals surface area contributed by atoms with Gasteiger partial charge in [-0.05, 0) is 13.8 Å². The van der Waals surface area contributed by atoms with Crippen molar-refractivity contribution in [2.45, 2.75) is 13.8 Å². The average Bonchev–Trinajstić information content (AvgIpc) is 2.00. The zero-order chi connectivity index (χ0) is 8.69. The van der Waals surface area contributed by atoms with E-state index in [0.29, 0.717) is 6.61 Å². The van der Waals surface area contributed by atoms with Crippen LogP contribution in [0, 0.1) is 0 Å². The quantitative estimate of drug-likeness (QED) is 0.262. The van der Waals surface area contributed by atoms with Crippen LogP contribution >= 0.6 is 0 Å². The van der Waals surface area contributed by atoms with Crippen molar-refractivity contribution in [3.63, 3.8) is 0 Å². The molecule has 0 aromatic carbocycles. The first kappa shape index (κ1) is 9.59. The van der Waals surface area contributed by atoms with Crippen molar-refractivity contribution in [3.05, 3.63) is 11.8 Å². The van der Waals surface area contributed by atoms with E-state index < -0.39 is 5.97 Å². The topological polar surface area (TPSA) is 55.7 Å². The zero-order valence-electron chi connectivity index (χ0n) is 6.46. The Balaban J connectivity index is 4.11. The minimum absolute atomic E-state index is 0.287.